The Morgan fingerprint density at radius 1 is 1.42 bits per heavy atom. The third kappa shape index (κ3) is 2.58. The van der Waals surface area contributed by atoms with Crippen molar-refractivity contribution in [2.24, 2.45) is 11.1 Å². The van der Waals surface area contributed by atoms with Crippen molar-refractivity contribution < 1.29 is 9.59 Å². The Hall–Kier alpha value is -1.56. The van der Waals surface area contributed by atoms with Crippen LogP contribution in [0.15, 0.2) is 22.7 Å². The maximum atomic E-state index is 12.4. The van der Waals surface area contributed by atoms with Crippen molar-refractivity contribution in [1.82, 2.24) is 4.90 Å². The minimum absolute atomic E-state index is 0.163. The second-order valence-corrected chi connectivity index (χ2v) is 6.05. The van der Waals surface area contributed by atoms with Crippen LogP contribution in [-0.4, -0.2) is 29.8 Å². The molecule has 1 saturated heterocycles. The van der Waals surface area contributed by atoms with Crippen LogP contribution in [0.25, 0.3) is 0 Å². The number of carbonyl (C=O) groups is 2. The molecule has 1 atom stereocenters. The van der Waals surface area contributed by atoms with Crippen LogP contribution in [0.5, 0.6) is 0 Å². The maximum Gasteiger partial charge on any atom is 0.256 e. The predicted molar refractivity (Wildman–Crippen MR) is 76.4 cm³/mol. The fourth-order valence-corrected chi connectivity index (χ4v) is 2.58. The number of hydrogen-bond donors (Lipinski definition) is 2. The molecule has 0 aromatic heterocycles. The van der Waals surface area contributed by atoms with Crippen LogP contribution in [-0.2, 0) is 4.79 Å². The van der Waals surface area contributed by atoms with Crippen molar-refractivity contribution in [3.8, 4) is 0 Å². The highest BCUT2D eigenvalue weighted by molar-refractivity contribution is 9.10. The normalized spacial score (nSPS) is 22.5. The largest absolute Gasteiger partial charge is 0.398 e. The maximum absolute atomic E-state index is 12.4. The first-order valence-electron chi connectivity index (χ1n) is 5.98. The molecule has 2 amide bonds. The van der Waals surface area contributed by atoms with Gasteiger partial charge >= 0.3 is 0 Å². The van der Waals surface area contributed by atoms with Crippen molar-refractivity contribution in [3.05, 3.63) is 28.2 Å². The van der Waals surface area contributed by atoms with Crippen LogP contribution in [0.3, 0.4) is 0 Å². The van der Waals surface area contributed by atoms with Crippen molar-refractivity contribution in [2.75, 3.05) is 18.8 Å². The number of benzene rings is 1. The summed E-state index contributed by atoms with van der Waals surface area (Å²) in [5.74, 6) is -0.534. The third-order valence-electron chi connectivity index (χ3n) is 3.60. The van der Waals surface area contributed by atoms with E-state index < -0.39 is 5.41 Å². The highest BCUT2D eigenvalue weighted by Gasteiger charge is 2.41. The molecule has 4 N–H and O–H groups in total. The molecule has 1 aromatic rings. The summed E-state index contributed by atoms with van der Waals surface area (Å²) in [5.41, 5.74) is 11.4. The molecule has 0 saturated carbocycles. The lowest BCUT2D eigenvalue weighted by atomic mass is 9.89. The van der Waals surface area contributed by atoms with Gasteiger partial charge in [-0.3, -0.25) is 9.59 Å². The summed E-state index contributed by atoms with van der Waals surface area (Å²) in [7, 11) is 0. The summed E-state index contributed by atoms with van der Waals surface area (Å²) >= 11 is 3.32. The van der Waals surface area contributed by atoms with Crippen LogP contribution in [0.1, 0.15) is 23.7 Å². The standard InChI is InChI=1S/C13H16BrN3O2/c1-13(12(16)19)4-5-17(7-13)11(18)9-6-8(14)2-3-10(9)15/h2-3,6H,4-5,7,15H2,1H3,(H2,16,19). The molecule has 1 aromatic carbocycles. The second kappa shape index (κ2) is 4.85. The number of rotatable bonds is 2. The van der Waals surface area contributed by atoms with E-state index in [9.17, 15) is 9.59 Å². The molecule has 0 bridgehead atoms. The molecule has 2 rings (SSSR count). The quantitative estimate of drug-likeness (QED) is 0.805. The summed E-state index contributed by atoms with van der Waals surface area (Å²) in [6.07, 6.45) is 0.585. The van der Waals surface area contributed by atoms with E-state index in [1.165, 1.54) is 0 Å². The highest BCUT2D eigenvalue weighted by Crippen LogP contribution is 2.31. The van der Waals surface area contributed by atoms with Crippen LogP contribution in [0, 0.1) is 5.41 Å². The molecule has 1 aliphatic rings. The van der Waals surface area contributed by atoms with Gasteiger partial charge in [-0.2, -0.15) is 0 Å². The molecule has 102 valence electrons. The van der Waals surface area contributed by atoms with Gasteiger partial charge in [-0.15, -0.1) is 0 Å². The third-order valence-corrected chi connectivity index (χ3v) is 4.09. The lowest BCUT2D eigenvalue weighted by Gasteiger charge is -2.21. The number of primary amides is 1. The average Bonchev–Trinajstić information content (AvgIpc) is 2.76. The van der Waals surface area contributed by atoms with E-state index in [2.05, 4.69) is 15.9 Å². The van der Waals surface area contributed by atoms with Gasteiger partial charge in [0.25, 0.3) is 5.91 Å². The Bertz CT molecular complexity index is 547. The first-order valence-corrected chi connectivity index (χ1v) is 6.77. The van der Waals surface area contributed by atoms with Gasteiger partial charge in [-0.1, -0.05) is 15.9 Å². The zero-order chi connectivity index (χ0) is 14.2. The topological polar surface area (TPSA) is 89.4 Å². The van der Waals surface area contributed by atoms with Gasteiger partial charge in [0.1, 0.15) is 0 Å². The Kier molecular flexibility index (Phi) is 3.54. The fourth-order valence-electron chi connectivity index (χ4n) is 2.22. The lowest BCUT2D eigenvalue weighted by molar-refractivity contribution is -0.126. The van der Waals surface area contributed by atoms with Crippen LogP contribution >= 0.6 is 15.9 Å². The van der Waals surface area contributed by atoms with Crippen molar-refractivity contribution in [1.29, 1.82) is 0 Å². The Balaban J connectivity index is 2.22. The molecule has 0 spiro atoms. The number of amides is 2. The Labute approximate surface area is 120 Å². The van der Waals surface area contributed by atoms with E-state index in [1.807, 2.05) is 0 Å². The smallest absolute Gasteiger partial charge is 0.256 e. The van der Waals surface area contributed by atoms with Crippen molar-refractivity contribution in [3.63, 3.8) is 0 Å². The van der Waals surface area contributed by atoms with Gasteiger partial charge < -0.3 is 16.4 Å². The first-order chi connectivity index (χ1) is 8.83. The molecule has 0 radical (unpaired) electrons. The number of carbonyl (C=O) groups excluding carboxylic acids is 2. The zero-order valence-corrected chi connectivity index (χ0v) is 12.2. The lowest BCUT2D eigenvalue weighted by Crippen LogP contribution is -2.38. The molecule has 1 fully saturated rings. The van der Waals surface area contributed by atoms with Gasteiger partial charge in [0.15, 0.2) is 0 Å². The molecule has 1 heterocycles. The predicted octanol–water partition coefficient (Wildman–Crippen LogP) is 1.37. The number of hydrogen-bond acceptors (Lipinski definition) is 3. The second-order valence-electron chi connectivity index (χ2n) is 5.13. The minimum Gasteiger partial charge on any atom is -0.398 e. The number of halogens is 1. The summed E-state index contributed by atoms with van der Waals surface area (Å²) in [5, 5.41) is 0. The van der Waals surface area contributed by atoms with Gasteiger partial charge in [0.2, 0.25) is 5.91 Å². The van der Waals surface area contributed by atoms with Crippen molar-refractivity contribution in [2.45, 2.75) is 13.3 Å². The van der Waals surface area contributed by atoms with E-state index in [0.29, 0.717) is 30.8 Å². The SMILES string of the molecule is CC1(C(N)=O)CCN(C(=O)c2cc(Br)ccc2N)C1. The number of nitrogens with zero attached hydrogens (tertiary/aromatic N) is 1. The number of nitrogens with two attached hydrogens (primary N) is 2. The van der Waals surface area contributed by atoms with Crippen molar-refractivity contribution >= 4 is 33.4 Å². The highest BCUT2D eigenvalue weighted by atomic mass is 79.9. The Morgan fingerprint density at radius 3 is 2.68 bits per heavy atom. The summed E-state index contributed by atoms with van der Waals surface area (Å²) in [4.78, 5) is 25.4. The molecule has 1 aliphatic heterocycles. The van der Waals surface area contributed by atoms with Gasteiger partial charge in [0.05, 0.1) is 11.0 Å². The van der Waals surface area contributed by atoms with Crippen LogP contribution in [0.4, 0.5) is 5.69 Å². The monoisotopic (exact) mass is 325 g/mol. The van der Waals surface area contributed by atoms with E-state index in [1.54, 1.807) is 30.0 Å². The Morgan fingerprint density at radius 2 is 2.11 bits per heavy atom. The van der Waals surface area contributed by atoms with E-state index in [4.69, 9.17) is 11.5 Å². The van der Waals surface area contributed by atoms with Gasteiger partial charge in [0, 0.05) is 23.2 Å². The molecule has 5 nitrogen and oxygen atoms in total. The summed E-state index contributed by atoms with van der Waals surface area (Å²) in [6.45, 7) is 2.64. The molecule has 19 heavy (non-hydrogen) atoms. The zero-order valence-electron chi connectivity index (χ0n) is 10.6. The fraction of sp³-hybridized carbons (Fsp3) is 0.385. The van der Waals surface area contributed by atoms with E-state index >= 15 is 0 Å². The number of anilines is 1. The van der Waals surface area contributed by atoms with Gasteiger partial charge in [-0.05, 0) is 31.5 Å². The summed E-state index contributed by atoms with van der Waals surface area (Å²) in [6, 6.07) is 5.15. The molecule has 6 heteroatoms. The van der Waals surface area contributed by atoms with Gasteiger partial charge in [-0.25, -0.2) is 0 Å². The number of likely N-dealkylation sites (tertiary alicyclic amines) is 1. The molecular formula is C13H16BrN3O2. The van der Waals surface area contributed by atoms with E-state index in [0.717, 1.165) is 4.47 Å². The number of nitrogen functional groups attached to an aromatic ring is 1. The van der Waals surface area contributed by atoms with Crippen LogP contribution < -0.4 is 11.5 Å². The minimum atomic E-state index is -0.642. The molecular weight excluding hydrogens is 310 g/mol. The first kappa shape index (κ1) is 13.9. The average molecular weight is 326 g/mol. The van der Waals surface area contributed by atoms with Crippen LogP contribution in [0.2, 0.25) is 0 Å². The molecule has 0 aliphatic carbocycles. The summed E-state index contributed by atoms with van der Waals surface area (Å²) < 4.78 is 0.793. The molecule has 1 unspecified atom stereocenters. The van der Waals surface area contributed by atoms with E-state index in [-0.39, 0.29) is 11.8 Å².